The van der Waals surface area contributed by atoms with E-state index in [1.807, 2.05) is 36.5 Å². The number of rotatable bonds is 8. The lowest BCUT2D eigenvalue weighted by molar-refractivity contribution is -0.0350. The molecule has 0 radical (unpaired) electrons. The number of H-pyrrole nitrogens is 1. The largest absolute Gasteiger partial charge is 0.497 e. The molecule has 5 rings (SSSR count). The Hall–Kier alpha value is -3.42. The van der Waals surface area contributed by atoms with Gasteiger partial charge in [0.2, 0.25) is 0 Å². The summed E-state index contributed by atoms with van der Waals surface area (Å²) in [5.74, 6) is 1.64. The van der Waals surface area contributed by atoms with E-state index >= 15 is 0 Å². The maximum absolute atomic E-state index is 6.03. The quantitative estimate of drug-likeness (QED) is 0.440. The molecule has 0 saturated carbocycles. The fourth-order valence-corrected chi connectivity index (χ4v) is 4.13. The third kappa shape index (κ3) is 5.32. The predicted molar refractivity (Wildman–Crippen MR) is 126 cm³/mol. The van der Waals surface area contributed by atoms with E-state index in [1.165, 1.54) is 10.9 Å². The number of pyridine rings is 1. The smallest absolute Gasteiger partial charge is 0.119 e. The number of aromatic amines is 1. The highest BCUT2D eigenvalue weighted by molar-refractivity contribution is 5.78. The van der Waals surface area contributed by atoms with Gasteiger partial charge in [-0.05, 0) is 54.1 Å². The van der Waals surface area contributed by atoms with Crippen LogP contribution >= 0.6 is 0 Å². The van der Waals surface area contributed by atoms with Crippen LogP contribution in [-0.4, -0.2) is 53.5 Å². The van der Waals surface area contributed by atoms with Crippen LogP contribution in [0.2, 0.25) is 0 Å². The minimum atomic E-state index is -0.0339. The topological polar surface area (TPSA) is 72.5 Å². The van der Waals surface area contributed by atoms with Crippen molar-refractivity contribution in [2.45, 2.75) is 19.1 Å². The van der Waals surface area contributed by atoms with Gasteiger partial charge in [-0.1, -0.05) is 12.1 Å². The Labute approximate surface area is 193 Å². The molecule has 0 spiro atoms. The van der Waals surface area contributed by atoms with E-state index in [4.69, 9.17) is 14.2 Å². The van der Waals surface area contributed by atoms with E-state index < -0.39 is 0 Å². The van der Waals surface area contributed by atoms with Gasteiger partial charge in [0.05, 0.1) is 31.5 Å². The Balaban J connectivity index is 1.15. The first-order chi connectivity index (χ1) is 16.3. The van der Waals surface area contributed by atoms with Crippen molar-refractivity contribution in [2.24, 2.45) is 0 Å². The monoisotopic (exact) mass is 444 g/mol. The Morgan fingerprint density at radius 1 is 1.09 bits per heavy atom. The number of nitrogens with zero attached hydrogens (tertiary/aromatic N) is 3. The standard InChI is InChI=1S/C26H28N4O3/c1-31-22-5-7-23(8-6-22)32-13-10-21-16-25(29-28-21)26-18-30(12-14-33-26)17-19-4-9-24-20(15-19)3-2-11-27-24/h2-9,11,15-16,26H,10,12-14,17-18H2,1H3,(H,28,29)/t26-/m1/s1. The van der Waals surface area contributed by atoms with E-state index in [0.29, 0.717) is 13.2 Å². The Morgan fingerprint density at radius 2 is 1.97 bits per heavy atom. The third-order valence-electron chi connectivity index (χ3n) is 5.90. The molecule has 7 heteroatoms. The van der Waals surface area contributed by atoms with Crippen molar-refractivity contribution >= 4 is 10.9 Å². The average Bonchev–Trinajstić information content (AvgIpc) is 3.34. The zero-order chi connectivity index (χ0) is 22.5. The number of hydrogen-bond acceptors (Lipinski definition) is 6. The highest BCUT2D eigenvalue weighted by atomic mass is 16.5. The molecule has 1 saturated heterocycles. The minimum Gasteiger partial charge on any atom is -0.497 e. The summed E-state index contributed by atoms with van der Waals surface area (Å²) < 4.78 is 17.0. The molecule has 0 aliphatic carbocycles. The van der Waals surface area contributed by atoms with Gasteiger partial charge in [0.25, 0.3) is 0 Å². The average molecular weight is 445 g/mol. The van der Waals surface area contributed by atoms with Gasteiger partial charge in [0.15, 0.2) is 0 Å². The summed E-state index contributed by atoms with van der Waals surface area (Å²) in [5, 5.41) is 8.82. The summed E-state index contributed by atoms with van der Waals surface area (Å²) in [5.41, 5.74) is 4.30. The summed E-state index contributed by atoms with van der Waals surface area (Å²) in [4.78, 5) is 6.83. The number of aromatic nitrogens is 3. The summed E-state index contributed by atoms with van der Waals surface area (Å²) in [7, 11) is 1.65. The van der Waals surface area contributed by atoms with Crippen molar-refractivity contribution in [2.75, 3.05) is 33.4 Å². The Kier molecular flexibility index (Phi) is 6.51. The van der Waals surface area contributed by atoms with Gasteiger partial charge in [-0.2, -0.15) is 5.10 Å². The molecular weight excluding hydrogens is 416 g/mol. The van der Waals surface area contributed by atoms with Crippen molar-refractivity contribution in [1.82, 2.24) is 20.1 Å². The molecule has 4 aromatic rings. The van der Waals surface area contributed by atoms with Crippen molar-refractivity contribution < 1.29 is 14.2 Å². The van der Waals surface area contributed by atoms with Crippen LogP contribution in [0.1, 0.15) is 23.1 Å². The van der Waals surface area contributed by atoms with Gasteiger partial charge in [-0.25, -0.2) is 0 Å². The highest BCUT2D eigenvalue weighted by Crippen LogP contribution is 2.24. The van der Waals surface area contributed by atoms with Crippen LogP contribution in [0.25, 0.3) is 10.9 Å². The molecule has 1 atom stereocenters. The summed E-state index contributed by atoms with van der Waals surface area (Å²) in [6.07, 6.45) is 2.55. The van der Waals surface area contributed by atoms with Crippen LogP contribution in [-0.2, 0) is 17.7 Å². The summed E-state index contributed by atoms with van der Waals surface area (Å²) in [6, 6.07) is 20.3. The SMILES string of the molecule is COc1ccc(OCCc2cc([C@H]3CN(Cc4ccc5ncccc5c4)CCO3)n[nH]2)cc1. The molecule has 7 nitrogen and oxygen atoms in total. The molecule has 1 aliphatic heterocycles. The molecule has 0 bridgehead atoms. The van der Waals surface area contributed by atoms with Gasteiger partial charge in [0, 0.05) is 43.3 Å². The molecule has 3 heterocycles. The van der Waals surface area contributed by atoms with Crippen LogP contribution in [0, 0.1) is 0 Å². The number of nitrogens with one attached hydrogen (secondary N) is 1. The molecule has 1 fully saturated rings. The van der Waals surface area contributed by atoms with E-state index in [9.17, 15) is 0 Å². The fraction of sp³-hybridized carbons (Fsp3) is 0.308. The van der Waals surface area contributed by atoms with Crippen molar-refractivity contribution in [3.63, 3.8) is 0 Å². The fourth-order valence-electron chi connectivity index (χ4n) is 4.13. The Bertz CT molecular complexity index is 1190. The number of benzene rings is 2. The predicted octanol–water partition coefficient (Wildman–Crippen LogP) is 4.16. The number of methoxy groups -OCH3 is 1. The van der Waals surface area contributed by atoms with Gasteiger partial charge >= 0.3 is 0 Å². The van der Waals surface area contributed by atoms with E-state index in [-0.39, 0.29) is 6.10 Å². The van der Waals surface area contributed by atoms with Crippen LogP contribution in [0.3, 0.4) is 0 Å². The number of hydrogen-bond donors (Lipinski definition) is 1. The lowest BCUT2D eigenvalue weighted by Crippen LogP contribution is -2.37. The molecule has 2 aromatic heterocycles. The minimum absolute atomic E-state index is 0.0339. The van der Waals surface area contributed by atoms with Crippen LogP contribution in [0.5, 0.6) is 11.5 Å². The summed E-state index contributed by atoms with van der Waals surface area (Å²) in [6.45, 7) is 3.88. The maximum atomic E-state index is 6.03. The van der Waals surface area contributed by atoms with Crippen molar-refractivity contribution in [3.05, 3.63) is 83.8 Å². The lowest BCUT2D eigenvalue weighted by atomic mass is 10.1. The molecule has 1 N–H and O–H groups in total. The second kappa shape index (κ2) is 10.0. The van der Waals surface area contributed by atoms with Gasteiger partial charge in [0.1, 0.15) is 17.6 Å². The van der Waals surface area contributed by atoms with Crippen LogP contribution in [0.15, 0.2) is 66.9 Å². The second-order valence-electron chi connectivity index (χ2n) is 8.22. The van der Waals surface area contributed by atoms with Crippen molar-refractivity contribution in [3.8, 4) is 11.5 Å². The molecule has 0 unspecified atom stereocenters. The normalized spacial score (nSPS) is 16.7. The first-order valence-electron chi connectivity index (χ1n) is 11.3. The first kappa shape index (κ1) is 21.4. The van der Waals surface area contributed by atoms with Crippen LogP contribution < -0.4 is 9.47 Å². The maximum Gasteiger partial charge on any atom is 0.119 e. The number of fused-ring (bicyclic) bond motifs is 1. The van der Waals surface area contributed by atoms with Gasteiger partial charge < -0.3 is 14.2 Å². The third-order valence-corrected chi connectivity index (χ3v) is 5.90. The zero-order valence-corrected chi connectivity index (χ0v) is 18.7. The Morgan fingerprint density at radius 3 is 2.85 bits per heavy atom. The molecule has 33 heavy (non-hydrogen) atoms. The van der Waals surface area contributed by atoms with Crippen molar-refractivity contribution in [1.29, 1.82) is 0 Å². The molecule has 2 aromatic carbocycles. The van der Waals surface area contributed by atoms with E-state index in [2.05, 4.69) is 50.4 Å². The second-order valence-corrected chi connectivity index (χ2v) is 8.22. The lowest BCUT2D eigenvalue weighted by Gasteiger charge is -2.32. The first-order valence-corrected chi connectivity index (χ1v) is 11.3. The molecule has 170 valence electrons. The number of morpholine rings is 1. The van der Waals surface area contributed by atoms with Gasteiger partial charge in [-0.3, -0.25) is 15.0 Å². The number of ether oxygens (including phenoxy) is 3. The van der Waals surface area contributed by atoms with E-state index in [1.54, 1.807) is 7.11 Å². The molecule has 1 aliphatic rings. The van der Waals surface area contributed by atoms with Crippen LogP contribution in [0.4, 0.5) is 0 Å². The molecular formula is C26H28N4O3. The zero-order valence-electron chi connectivity index (χ0n) is 18.7. The van der Waals surface area contributed by atoms with Gasteiger partial charge in [-0.15, -0.1) is 0 Å². The highest BCUT2D eigenvalue weighted by Gasteiger charge is 2.24. The molecule has 0 amide bonds. The summed E-state index contributed by atoms with van der Waals surface area (Å²) >= 11 is 0. The van der Waals surface area contributed by atoms with E-state index in [0.717, 1.165) is 54.5 Å².